The average Bonchev–Trinajstić information content (AvgIpc) is 2.43. The number of hydrogen-bond donors (Lipinski definition) is 3. The van der Waals surface area contributed by atoms with Crippen LogP contribution in [0.15, 0.2) is 23.1 Å². The van der Waals surface area contributed by atoms with Crippen molar-refractivity contribution in [3.05, 3.63) is 29.3 Å². The molecular formula is C13H16N2O4S. The molecule has 0 bridgehead atoms. The Morgan fingerprint density at radius 2 is 2.10 bits per heavy atom. The molecule has 0 fully saturated rings. The smallest absolute Gasteiger partial charge is 0.241 e. The van der Waals surface area contributed by atoms with Gasteiger partial charge in [0.25, 0.3) is 0 Å². The van der Waals surface area contributed by atoms with Gasteiger partial charge in [0.05, 0.1) is 11.4 Å². The van der Waals surface area contributed by atoms with E-state index in [1.807, 2.05) is 0 Å². The van der Waals surface area contributed by atoms with E-state index in [4.69, 9.17) is 5.11 Å². The minimum atomic E-state index is -3.73. The van der Waals surface area contributed by atoms with Crippen LogP contribution in [-0.2, 0) is 14.8 Å². The highest BCUT2D eigenvalue weighted by Crippen LogP contribution is 2.14. The third-order valence-corrected chi connectivity index (χ3v) is 3.91. The first-order valence-electron chi connectivity index (χ1n) is 5.81. The van der Waals surface area contributed by atoms with E-state index in [9.17, 15) is 13.2 Å². The maximum atomic E-state index is 12.0. The second-order valence-corrected chi connectivity index (χ2v) is 5.70. The monoisotopic (exact) mass is 296 g/mol. The SMILES string of the molecule is CNC(=O)CNS(=O)(=O)c1ccc(C#CCO)c(C)c1. The summed E-state index contributed by atoms with van der Waals surface area (Å²) in [4.78, 5) is 11.1. The van der Waals surface area contributed by atoms with Crippen molar-refractivity contribution in [2.75, 3.05) is 20.2 Å². The van der Waals surface area contributed by atoms with Crippen LogP contribution in [0.2, 0.25) is 0 Å². The lowest BCUT2D eigenvalue weighted by molar-refractivity contribution is -0.119. The third kappa shape index (κ3) is 4.35. The molecule has 0 aliphatic carbocycles. The molecule has 6 nitrogen and oxygen atoms in total. The van der Waals surface area contributed by atoms with E-state index in [0.29, 0.717) is 11.1 Å². The average molecular weight is 296 g/mol. The number of carbonyl (C=O) groups is 1. The number of aliphatic hydroxyl groups is 1. The van der Waals surface area contributed by atoms with E-state index in [2.05, 4.69) is 21.9 Å². The van der Waals surface area contributed by atoms with E-state index >= 15 is 0 Å². The van der Waals surface area contributed by atoms with Crippen LogP contribution in [0, 0.1) is 18.8 Å². The highest BCUT2D eigenvalue weighted by Gasteiger charge is 2.15. The largest absolute Gasteiger partial charge is 0.384 e. The summed E-state index contributed by atoms with van der Waals surface area (Å²) < 4.78 is 26.1. The molecule has 1 rings (SSSR count). The van der Waals surface area contributed by atoms with Crippen LogP contribution in [0.25, 0.3) is 0 Å². The molecule has 0 unspecified atom stereocenters. The zero-order chi connectivity index (χ0) is 15.2. The molecule has 0 radical (unpaired) electrons. The topological polar surface area (TPSA) is 95.5 Å². The van der Waals surface area contributed by atoms with Gasteiger partial charge in [-0.15, -0.1) is 0 Å². The zero-order valence-electron chi connectivity index (χ0n) is 11.2. The van der Waals surface area contributed by atoms with Gasteiger partial charge in [0.15, 0.2) is 0 Å². The number of nitrogens with one attached hydrogen (secondary N) is 2. The lowest BCUT2D eigenvalue weighted by Gasteiger charge is -2.07. The fourth-order valence-corrected chi connectivity index (χ4v) is 2.48. The third-order valence-electron chi connectivity index (χ3n) is 2.51. The quantitative estimate of drug-likeness (QED) is 0.644. The highest BCUT2D eigenvalue weighted by molar-refractivity contribution is 7.89. The van der Waals surface area contributed by atoms with E-state index < -0.39 is 15.9 Å². The van der Waals surface area contributed by atoms with E-state index in [0.717, 1.165) is 0 Å². The maximum absolute atomic E-state index is 12.0. The molecule has 3 N–H and O–H groups in total. The molecule has 1 aromatic carbocycles. The predicted molar refractivity (Wildman–Crippen MR) is 74.4 cm³/mol. The minimum Gasteiger partial charge on any atom is -0.384 e. The Morgan fingerprint density at radius 3 is 2.65 bits per heavy atom. The summed E-state index contributed by atoms with van der Waals surface area (Å²) in [7, 11) is -2.31. The number of amides is 1. The van der Waals surface area contributed by atoms with Gasteiger partial charge in [0.1, 0.15) is 6.61 Å². The number of carbonyl (C=O) groups excluding carboxylic acids is 1. The van der Waals surface area contributed by atoms with Crippen LogP contribution in [-0.4, -0.2) is 39.6 Å². The Bertz CT molecular complexity index is 657. The Labute approximate surface area is 118 Å². The summed E-state index contributed by atoms with van der Waals surface area (Å²) >= 11 is 0. The van der Waals surface area contributed by atoms with Gasteiger partial charge in [0, 0.05) is 12.6 Å². The van der Waals surface area contributed by atoms with Gasteiger partial charge in [-0.25, -0.2) is 13.1 Å². The molecule has 0 heterocycles. The van der Waals surface area contributed by atoms with Crippen molar-refractivity contribution in [2.24, 2.45) is 0 Å². The Balaban J connectivity index is 2.97. The van der Waals surface area contributed by atoms with Crippen LogP contribution in [0.1, 0.15) is 11.1 Å². The van der Waals surface area contributed by atoms with E-state index in [-0.39, 0.29) is 18.0 Å². The fraction of sp³-hybridized carbons (Fsp3) is 0.308. The Morgan fingerprint density at radius 1 is 1.40 bits per heavy atom. The molecule has 0 aromatic heterocycles. The zero-order valence-corrected chi connectivity index (χ0v) is 12.0. The van der Waals surface area contributed by atoms with Crippen LogP contribution < -0.4 is 10.0 Å². The van der Waals surface area contributed by atoms with Crippen LogP contribution in [0.5, 0.6) is 0 Å². The van der Waals surface area contributed by atoms with E-state index in [1.54, 1.807) is 13.0 Å². The molecule has 0 atom stereocenters. The van der Waals surface area contributed by atoms with Gasteiger partial charge in [0.2, 0.25) is 15.9 Å². The first kappa shape index (κ1) is 16.2. The lowest BCUT2D eigenvalue weighted by atomic mass is 10.1. The standard InChI is InChI=1S/C13H16N2O4S/c1-10-8-12(6-5-11(10)4-3-7-16)20(18,19)15-9-13(17)14-2/h5-6,8,15-16H,7,9H2,1-2H3,(H,14,17). The number of aryl methyl sites for hydroxylation is 1. The summed E-state index contributed by atoms with van der Waals surface area (Å²) in [5.41, 5.74) is 1.32. The second kappa shape index (κ2) is 7.05. The summed E-state index contributed by atoms with van der Waals surface area (Å²) in [5, 5.41) is 11.0. The van der Waals surface area contributed by atoms with Gasteiger partial charge in [-0.1, -0.05) is 11.8 Å². The first-order valence-corrected chi connectivity index (χ1v) is 7.29. The van der Waals surface area contributed by atoms with Gasteiger partial charge >= 0.3 is 0 Å². The predicted octanol–water partition coefficient (Wildman–Crippen LogP) is -0.637. The maximum Gasteiger partial charge on any atom is 0.241 e. The number of hydrogen-bond acceptors (Lipinski definition) is 4. The van der Waals surface area contributed by atoms with Crippen molar-refractivity contribution < 1.29 is 18.3 Å². The van der Waals surface area contributed by atoms with Crippen LogP contribution >= 0.6 is 0 Å². The summed E-state index contributed by atoms with van der Waals surface area (Å²) in [6.07, 6.45) is 0. The van der Waals surface area contributed by atoms with Crippen molar-refractivity contribution in [2.45, 2.75) is 11.8 Å². The van der Waals surface area contributed by atoms with Gasteiger partial charge in [-0.2, -0.15) is 0 Å². The molecule has 0 aliphatic rings. The molecule has 0 spiro atoms. The second-order valence-electron chi connectivity index (χ2n) is 3.93. The van der Waals surface area contributed by atoms with Gasteiger partial charge < -0.3 is 10.4 Å². The van der Waals surface area contributed by atoms with Crippen molar-refractivity contribution in [3.63, 3.8) is 0 Å². The number of likely N-dealkylation sites (N-methyl/N-ethyl adjacent to an activating group) is 1. The molecular weight excluding hydrogens is 280 g/mol. The number of benzene rings is 1. The molecule has 7 heteroatoms. The fourth-order valence-electron chi connectivity index (χ4n) is 1.41. The summed E-state index contributed by atoms with van der Waals surface area (Å²) in [5.74, 6) is 4.80. The van der Waals surface area contributed by atoms with E-state index in [1.165, 1.54) is 19.2 Å². The van der Waals surface area contributed by atoms with Crippen molar-refractivity contribution in [1.29, 1.82) is 0 Å². The number of rotatable bonds is 4. The molecule has 108 valence electrons. The molecule has 0 aliphatic heterocycles. The minimum absolute atomic E-state index is 0.0634. The molecule has 1 amide bonds. The molecule has 1 aromatic rings. The summed E-state index contributed by atoms with van der Waals surface area (Å²) in [6, 6.07) is 4.43. The summed E-state index contributed by atoms with van der Waals surface area (Å²) in [6.45, 7) is 1.15. The van der Waals surface area contributed by atoms with Crippen molar-refractivity contribution >= 4 is 15.9 Å². The molecule has 0 saturated carbocycles. The number of sulfonamides is 1. The Hall–Kier alpha value is -1.88. The normalized spacial score (nSPS) is 10.6. The van der Waals surface area contributed by atoms with Gasteiger partial charge in [-0.05, 0) is 30.7 Å². The molecule has 20 heavy (non-hydrogen) atoms. The van der Waals surface area contributed by atoms with Gasteiger partial charge in [-0.3, -0.25) is 4.79 Å². The Kier molecular flexibility index (Phi) is 5.70. The first-order chi connectivity index (χ1) is 9.40. The highest BCUT2D eigenvalue weighted by atomic mass is 32.2. The van der Waals surface area contributed by atoms with Crippen molar-refractivity contribution in [1.82, 2.24) is 10.0 Å². The van der Waals surface area contributed by atoms with Crippen LogP contribution in [0.3, 0.4) is 0 Å². The van der Waals surface area contributed by atoms with Crippen molar-refractivity contribution in [3.8, 4) is 11.8 Å². The number of aliphatic hydroxyl groups excluding tert-OH is 1. The lowest BCUT2D eigenvalue weighted by Crippen LogP contribution is -2.35. The molecule has 0 saturated heterocycles. The van der Waals surface area contributed by atoms with Crippen LogP contribution in [0.4, 0.5) is 0 Å².